The van der Waals surface area contributed by atoms with Crippen molar-refractivity contribution in [3.63, 3.8) is 0 Å². The molecule has 18 heteroatoms. The lowest BCUT2D eigenvalue weighted by molar-refractivity contribution is -0.132. The Morgan fingerprint density at radius 3 is 2.14 bits per heavy atom. The number of nitrogens with one attached hydrogen (secondary N) is 2. The molecule has 3 amide bonds. The highest BCUT2D eigenvalue weighted by molar-refractivity contribution is 7.14. The molecule has 0 atom stereocenters. The third-order valence-electron chi connectivity index (χ3n) is 7.21. The molecular formula is C33H54N8O9S. The van der Waals surface area contributed by atoms with Gasteiger partial charge in [-0.3, -0.25) is 10.1 Å². The number of rotatable bonds is 26. The predicted octanol–water partition coefficient (Wildman–Crippen LogP) is 1.19. The molecule has 6 N–H and O–H groups in total. The first-order chi connectivity index (χ1) is 24.8. The molecule has 1 aromatic heterocycles. The summed E-state index contributed by atoms with van der Waals surface area (Å²) in [5.41, 5.74) is 7.69. The standard InChI is InChI=1S/C33H54N8O9S/c1-39-7-9-40(10-8-39)31(42)23-29-26-51-33(37-29)38-32(43)36-28-3-5-30(6-4-28)50-22-21-48-19-20-49-25-27(34)24-41(35)11-12-45-15-16-47-18-17-46-14-13-44-2/h3-6,24,26H,7-23,25,34-35H2,1-2H3,(H2,36,37,38,43)/b27-24-. The minimum absolute atomic E-state index is 0.0475. The summed E-state index contributed by atoms with van der Waals surface area (Å²) >= 11 is 1.28. The average Bonchev–Trinajstić information content (AvgIpc) is 3.55. The Kier molecular flexibility index (Phi) is 20.8. The number of nitrogens with zero attached hydrogens (tertiary/aromatic N) is 4. The molecule has 0 aliphatic carbocycles. The van der Waals surface area contributed by atoms with Gasteiger partial charge < -0.3 is 59.0 Å². The lowest BCUT2D eigenvalue weighted by Crippen LogP contribution is -2.47. The largest absolute Gasteiger partial charge is 0.491 e. The Bertz CT molecular complexity index is 1280. The van der Waals surface area contributed by atoms with E-state index >= 15 is 0 Å². The highest BCUT2D eigenvalue weighted by Gasteiger charge is 2.20. The molecule has 51 heavy (non-hydrogen) atoms. The normalized spacial score (nSPS) is 13.7. The van der Waals surface area contributed by atoms with E-state index in [-0.39, 0.29) is 18.9 Å². The number of amides is 3. The molecule has 0 bridgehead atoms. The van der Waals surface area contributed by atoms with Gasteiger partial charge in [0.25, 0.3) is 0 Å². The maximum Gasteiger partial charge on any atom is 0.325 e. The predicted molar refractivity (Wildman–Crippen MR) is 194 cm³/mol. The van der Waals surface area contributed by atoms with E-state index in [1.54, 1.807) is 43.0 Å². The highest BCUT2D eigenvalue weighted by Crippen LogP contribution is 2.19. The number of urea groups is 1. The minimum atomic E-state index is -0.428. The van der Waals surface area contributed by atoms with E-state index in [4.69, 9.17) is 44.7 Å². The molecule has 1 aliphatic heterocycles. The van der Waals surface area contributed by atoms with Gasteiger partial charge in [-0.2, -0.15) is 0 Å². The number of hydrazine groups is 1. The van der Waals surface area contributed by atoms with Gasteiger partial charge in [-0.1, -0.05) is 0 Å². The molecule has 1 aliphatic rings. The zero-order valence-electron chi connectivity index (χ0n) is 29.7. The van der Waals surface area contributed by atoms with Crippen molar-refractivity contribution in [2.75, 3.05) is 137 Å². The number of aromatic nitrogens is 1. The lowest BCUT2D eigenvalue weighted by atomic mass is 10.2. The van der Waals surface area contributed by atoms with Gasteiger partial charge in [-0.15, -0.1) is 11.3 Å². The maximum atomic E-state index is 12.6. The Balaban J connectivity index is 1.16. The monoisotopic (exact) mass is 738 g/mol. The zero-order chi connectivity index (χ0) is 36.5. The van der Waals surface area contributed by atoms with E-state index in [1.807, 2.05) is 11.9 Å². The number of piperazine rings is 1. The van der Waals surface area contributed by atoms with Crippen molar-refractivity contribution in [2.45, 2.75) is 6.42 Å². The first kappa shape index (κ1) is 41.8. The third kappa shape index (κ3) is 19.0. The number of carbonyl (C=O) groups excluding carboxylic acids is 2. The molecule has 2 aromatic rings. The van der Waals surface area contributed by atoms with Crippen LogP contribution in [0.3, 0.4) is 0 Å². The van der Waals surface area contributed by atoms with Crippen molar-refractivity contribution in [1.82, 2.24) is 19.8 Å². The van der Waals surface area contributed by atoms with Crippen molar-refractivity contribution in [3.8, 4) is 5.75 Å². The Labute approximate surface area is 304 Å². The number of carbonyl (C=O) groups is 2. The number of ether oxygens (including phenoxy) is 7. The number of benzene rings is 1. The van der Waals surface area contributed by atoms with E-state index in [2.05, 4.69) is 20.5 Å². The van der Waals surface area contributed by atoms with Crippen LogP contribution in [0.4, 0.5) is 15.6 Å². The molecular weight excluding hydrogens is 684 g/mol. The summed E-state index contributed by atoms with van der Waals surface area (Å²) in [4.78, 5) is 33.5. The highest BCUT2D eigenvalue weighted by atomic mass is 32.1. The maximum absolute atomic E-state index is 12.6. The van der Waals surface area contributed by atoms with E-state index in [1.165, 1.54) is 16.3 Å². The van der Waals surface area contributed by atoms with Crippen LogP contribution in [0.25, 0.3) is 0 Å². The quantitative estimate of drug-likeness (QED) is 0.0610. The molecule has 286 valence electrons. The molecule has 1 fully saturated rings. The van der Waals surface area contributed by atoms with Crippen molar-refractivity contribution in [1.29, 1.82) is 0 Å². The summed E-state index contributed by atoms with van der Waals surface area (Å²) in [6.07, 6.45) is 1.82. The summed E-state index contributed by atoms with van der Waals surface area (Å²) in [6.45, 7) is 8.83. The smallest absolute Gasteiger partial charge is 0.325 e. The molecule has 0 spiro atoms. The van der Waals surface area contributed by atoms with E-state index < -0.39 is 6.03 Å². The van der Waals surface area contributed by atoms with Gasteiger partial charge in [0.05, 0.1) is 97.0 Å². The SMILES string of the molecule is COCCOCCOCCOCCN(N)/C=C(\N)COCCOCCOc1ccc(NC(=O)Nc2nc(CC(=O)N3CCN(C)CC3)cs2)cc1. The van der Waals surface area contributed by atoms with Gasteiger partial charge in [0.1, 0.15) is 12.4 Å². The molecule has 0 unspecified atom stereocenters. The Morgan fingerprint density at radius 2 is 1.47 bits per heavy atom. The summed E-state index contributed by atoms with van der Waals surface area (Å²) in [6, 6.07) is 6.55. The van der Waals surface area contributed by atoms with Crippen LogP contribution in [-0.4, -0.2) is 158 Å². The first-order valence-corrected chi connectivity index (χ1v) is 17.8. The molecule has 1 saturated heterocycles. The van der Waals surface area contributed by atoms with Crippen molar-refractivity contribution in [2.24, 2.45) is 11.6 Å². The number of likely N-dealkylation sites (N-methyl/N-ethyl adjacent to an activating group) is 1. The lowest BCUT2D eigenvalue weighted by Gasteiger charge is -2.32. The Morgan fingerprint density at radius 1 is 0.863 bits per heavy atom. The van der Waals surface area contributed by atoms with Gasteiger partial charge in [-0.05, 0) is 31.3 Å². The van der Waals surface area contributed by atoms with Gasteiger partial charge in [-0.25, -0.2) is 15.6 Å². The second-order valence-corrected chi connectivity index (χ2v) is 12.3. The second-order valence-electron chi connectivity index (χ2n) is 11.4. The number of thiazole rings is 1. The third-order valence-corrected chi connectivity index (χ3v) is 8.02. The van der Waals surface area contributed by atoms with Crippen molar-refractivity contribution in [3.05, 3.63) is 47.2 Å². The molecule has 0 saturated carbocycles. The summed E-state index contributed by atoms with van der Waals surface area (Å²) in [7, 11) is 3.68. The average molecular weight is 739 g/mol. The van der Waals surface area contributed by atoms with Crippen LogP contribution in [0, 0.1) is 0 Å². The fourth-order valence-electron chi connectivity index (χ4n) is 4.46. The van der Waals surface area contributed by atoms with Crippen LogP contribution in [0.1, 0.15) is 5.69 Å². The number of anilines is 2. The number of nitrogens with two attached hydrogens (primary N) is 2. The van der Waals surface area contributed by atoms with Crippen molar-refractivity contribution >= 4 is 34.1 Å². The second kappa shape index (κ2) is 25.4. The molecule has 0 radical (unpaired) electrons. The molecule has 3 rings (SSSR count). The Hall–Kier alpha value is -3.59. The number of methoxy groups -OCH3 is 1. The number of hydrogen-bond donors (Lipinski definition) is 4. The summed E-state index contributed by atoms with van der Waals surface area (Å²) in [5.74, 6) is 6.62. The van der Waals surface area contributed by atoms with Crippen LogP contribution >= 0.6 is 11.3 Å². The number of hydrogen-bond acceptors (Lipinski definition) is 15. The first-order valence-electron chi connectivity index (χ1n) is 16.9. The van der Waals surface area contributed by atoms with Crippen molar-refractivity contribution < 1.29 is 42.7 Å². The topological polar surface area (TPSA) is 197 Å². The van der Waals surface area contributed by atoms with E-state index in [0.29, 0.717) is 107 Å². The van der Waals surface area contributed by atoms with Gasteiger partial charge in [0, 0.05) is 50.6 Å². The molecule has 2 heterocycles. The molecule has 1 aromatic carbocycles. The van der Waals surface area contributed by atoms with Gasteiger partial charge in [0.2, 0.25) is 5.91 Å². The van der Waals surface area contributed by atoms with Crippen LogP contribution in [0.5, 0.6) is 5.75 Å². The van der Waals surface area contributed by atoms with Crippen LogP contribution in [0.15, 0.2) is 41.5 Å². The molecule has 17 nitrogen and oxygen atoms in total. The summed E-state index contributed by atoms with van der Waals surface area (Å²) in [5, 5.41) is 9.15. The van der Waals surface area contributed by atoms with E-state index in [9.17, 15) is 9.59 Å². The van der Waals surface area contributed by atoms with Crippen LogP contribution in [-0.2, 0) is 39.6 Å². The summed E-state index contributed by atoms with van der Waals surface area (Å²) < 4.78 is 37.9. The van der Waals surface area contributed by atoms with Gasteiger partial charge >= 0.3 is 6.03 Å². The van der Waals surface area contributed by atoms with Crippen LogP contribution in [0.2, 0.25) is 0 Å². The van der Waals surface area contributed by atoms with E-state index in [0.717, 1.165) is 26.2 Å². The van der Waals surface area contributed by atoms with Crippen LogP contribution < -0.4 is 26.9 Å². The zero-order valence-corrected chi connectivity index (χ0v) is 30.5. The fourth-order valence-corrected chi connectivity index (χ4v) is 5.16. The minimum Gasteiger partial charge on any atom is -0.491 e. The fraction of sp³-hybridized carbons (Fsp3) is 0.606. The van der Waals surface area contributed by atoms with Gasteiger partial charge in [0.15, 0.2) is 5.13 Å².